The Bertz CT molecular complexity index is 884. The highest BCUT2D eigenvalue weighted by atomic mass is 32.1. The molecule has 0 bridgehead atoms. The fourth-order valence-corrected chi connectivity index (χ4v) is 4.32. The van der Waals surface area contributed by atoms with E-state index in [2.05, 4.69) is 34.2 Å². The van der Waals surface area contributed by atoms with E-state index in [1.807, 2.05) is 35.5 Å². The maximum absolute atomic E-state index is 13.0. The Morgan fingerprint density at radius 1 is 1.35 bits per heavy atom. The lowest BCUT2D eigenvalue weighted by molar-refractivity contribution is 0.0725. The number of nitrogens with one attached hydrogen (secondary N) is 1. The molecule has 2 aromatic heterocycles. The second-order valence-corrected chi connectivity index (χ2v) is 7.93. The van der Waals surface area contributed by atoms with Crippen molar-refractivity contribution in [3.63, 3.8) is 0 Å². The molecular formula is C21H23N3OS. The molecule has 1 amide bonds. The Balaban J connectivity index is 1.44. The SMILES string of the molecule is Cc1nc(-c2c[nH]c(C(=O)N3CCC[C@@H]3CCc3ccccc3)c2)cs1. The highest BCUT2D eigenvalue weighted by Gasteiger charge is 2.29. The summed E-state index contributed by atoms with van der Waals surface area (Å²) in [6.07, 6.45) is 6.11. The molecule has 1 aliphatic heterocycles. The van der Waals surface area contributed by atoms with Crippen LogP contribution in [0.5, 0.6) is 0 Å². The average molecular weight is 366 g/mol. The Kier molecular flexibility index (Phi) is 4.89. The Labute approximate surface area is 157 Å². The molecule has 4 nitrogen and oxygen atoms in total. The molecule has 26 heavy (non-hydrogen) atoms. The third kappa shape index (κ3) is 3.58. The number of hydrogen-bond acceptors (Lipinski definition) is 3. The van der Waals surface area contributed by atoms with Crippen molar-refractivity contribution in [1.82, 2.24) is 14.9 Å². The molecule has 0 aliphatic carbocycles. The molecule has 5 heteroatoms. The molecule has 1 aromatic carbocycles. The van der Waals surface area contributed by atoms with E-state index >= 15 is 0 Å². The van der Waals surface area contributed by atoms with Gasteiger partial charge in [0.1, 0.15) is 5.69 Å². The van der Waals surface area contributed by atoms with Crippen molar-refractivity contribution < 1.29 is 4.79 Å². The zero-order valence-corrected chi connectivity index (χ0v) is 15.8. The third-order valence-electron chi connectivity index (χ3n) is 5.08. The monoisotopic (exact) mass is 365 g/mol. The van der Waals surface area contributed by atoms with E-state index in [4.69, 9.17) is 0 Å². The minimum atomic E-state index is 0.110. The van der Waals surface area contributed by atoms with Crippen LogP contribution < -0.4 is 0 Å². The lowest BCUT2D eigenvalue weighted by Gasteiger charge is -2.24. The molecule has 3 aromatic rings. The van der Waals surface area contributed by atoms with Crippen LogP contribution in [0.3, 0.4) is 0 Å². The number of nitrogens with zero attached hydrogens (tertiary/aromatic N) is 2. The number of likely N-dealkylation sites (tertiary alicyclic amines) is 1. The van der Waals surface area contributed by atoms with E-state index in [1.165, 1.54) is 5.56 Å². The highest BCUT2D eigenvalue weighted by molar-refractivity contribution is 7.09. The second-order valence-electron chi connectivity index (χ2n) is 6.87. The van der Waals surface area contributed by atoms with Crippen molar-refractivity contribution in [3.8, 4) is 11.3 Å². The molecule has 1 saturated heterocycles. The third-order valence-corrected chi connectivity index (χ3v) is 5.85. The van der Waals surface area contributed by atoms with Crippen molar-refractivity contribution >= 4 is 17.2 Å². The van der Waals surface area contributed by atoms with Crippen LogP contribution in [-0.4, -0.2) is 33.4 Å². The second kappa shape index (κ2) is 7.46. The molecule has 1 N–H and O–H groups in total. The molecule has 0 radical (unpaired) electrons. The summed E-state index contributed by atoms with van der Waals surface area (Å²) in [6.45, 7) is 2.84. The molecule has 134 valence electrons. The molecule has 4 rings (SSSR count). The first-order valence-electron chi connectivity index (χ1n) is 9.16. The van der Waals surface area contributed by atoms with Gasteiger partial charge in [0.05, 0.1) is 10.7 Å². The van der Waals surface area contributed by atoms with Gasteiger partial charge in [-0.05, 0) is 44.2 Å². The van der Waals surface area contributed by atoms with Gasteiger partial charge in [0, 0.05) is 29.7 Å². The van der Waals surface area contributed by atoms with Gasteiger partial charge >= 0.3 is 0 Å². The van der Waals surface area contributed by atoms with Gasteiger partial charge in [0.25, 0.3) is 5.91 Å². The summed E-state index contributed by atoms with van der Waals surface area (Å²) in [5.41, 5.74) is 3.92. The lowest BCUT2D eigenvalue weighted by Crippen LogP contribution is -2.36. The minimum Gasteiger partial charge on any atom is -0.357 e. The van der Waals surface area contributed by atoms with Gasteiger partial charge in [-0.3, -0.25) is 4.79 Å². The molecule has 0 saturated carbocycles. The average Bonchev–Trinajstić information content (AvgIpc) is 3.40. The maximum atomic E-state index is 13.0. The Morgan fingerprint density at radius 2 is 2.19 bits per heavy atom. The van der Waals surface area contributed by atoms with Crippen LogP contribution in [0.15, 0.2) is 48.0 Å². The van der Waals surface area contributed by atoms with Gasteiger partial charge in [-0.25, -0.2) is 4.98 Å². The summed E-state index contributed by atoms with van der Waals surface area (Å²) in [7, 11) is 0. The first-order valence-corrected chi connectivity index (χ1v) is 10.0. The fourth-order valence-electron chi connectivity index (χ4n) is 3.70. The number of benzene rings is 1. The van der Waals surface area contributed by atoms with Gasteiger partial charge in [-0.1, -0.05) is 30.3 Å². The molecule has 1 atom stereocenters. The van der Waals surface area contributed by atoms with Crippen LogP contribution in [0, 0.1) is 6.92 Å². The van der Waals surface area contributed by atoms with E-state index in [1.54, 1.807) is 11.3 Å². The number of rotatable bonds is 5. The van der Waals surface area contributed by atoms with E-state index < -0.39 is 0 Å². The lowest BCUT2D eigenvalue weighted by atomic mass is 10.0. The molecular weight excluding hydrogens is 342 g/mol. The summed E-state index contributed by atoms with van der Waals surface area (Å²) in [6, 6.07) is 12.8. The van der Waals surface area contributed by atoms with Gasteiger partial charge < -0.3 is 9.88 Å². The number of carbonyl (C=O) groups is 1. The number of amides is 1. The summed E-state index contributed by atoms with van der Waals surface area (Å²) in [5.74, 6) is 0.110. The van der Waals surface area contributed by atoms with E-state index in [9.17, 15) is 4.79 Å². The van der Waals surface area contributed by atoms with Crippen molar-refractivity contribution in [2.24, 2.45) is 0 Å². The van der Waals surface area contributed by atoms with E-state index in [-0.39, 0.29) is 5.91 Å². The van der Waals surface area contributed by atoms with Crippen LogP contribution in [-0.2, 0) is 6.42 Å². The van der Waals surface area contributed by atoms with Crippen molar-refractivity contribution in [1.29, 1.82) is 0 Å². The number of H-pyrrole nitrogens is 1. The van der Waals surface area contributed by atoms with Crippen LogP contribution in [0.4, 0.5) is 0 Å². The number of aryl methyl sites for hydroxylation is 2. The maximum Gasteiger partial charge on any atom is 0.270 e. The minimum absolute atomic E-state index is 0.110. The summed E-state index contributed by atoms with van der Waals surface area (Å²) in [5, 5.41) is 3.07. The molecule has 1 fully saturated rings. The van der Waals surface area contributed by atoms with Gasteiger partial charge in [-0.2, -0.15) is 0 Å². The quantitative estimate of drug-likeness (QED) is 0.713. The van der Waals surface area contributed by atoms with E-state index in [0.717, 1.165) is 48.5 Å². The summed E-state index contributed by atoms with van der Waals surface area (Å²) in [4.78, 5) is 22.7. The topological polar surface area (TPSA) is 49.0 Å². The van der Waals surface area contributed by atoms with Gasteiger partial charge in [0.2, 0.25) is 0 Å². The van der Waals surface area contributed by atoms with Crippen LogP contribution in [0.2, 0.25) is 0 Å². The summed E-state index contributed by atoms with van der Waals surface area (Å²) >= 11 is 1.63. The largest absolute Gasteiger partial charge is 0.357 e. The molecule has 0 unspecified atom stereocenters. The fraction of sp³-hybridized carbons (Fsp3) is 0.333. The van der Waals surface area contributed by atoms with Crippen LogP contribution in [0.25, 0.3) is 11.3 Å². The standard InChI is InChI=1S/C21H23N3OS/c1-15-23-20(14-26-15)17-12-19(22-13-17)21(25)24-11-5-8-18(24)10-9-16-6-3-2-4-7-16/h2-4,6-7,12-14,18,22H,5,8-11H2,1H3/t18-/m1/s1. The first kappa shape index (κ1) is 17.0. The number of aromatic amines is 1. The molecule has 3 heterocycles. The molecule has 0 spiro atoms. The predicted molar refractivity (Wildman–Crippen MR) is 105 cm³/mol. The Hall–Kier alpha value is -2.40. The van der Waals surface area contributed by atoms with E-state index in [0.29, 0.717) is 11.7 Å². The molecule has 1 aliphatic rings. The number of carbonyl (C=O) groups excluding carboxylic acids is 1. The highest BCUT2D eigenvalue weighted by Crippen LogP contribution is 2.26. The number of aromatic nitrogens is 2. The van der Waals surface area contributed by atoms with Crippen molar-refractivity contribution in [2.75, 3.05) is 6.54 Å². The number of thiazole rings is 1. The smallest absolute Gasteiger partial charge is 0.270 e. The summed E-state index contributed by atoms with van der Waals surface area (Å²) < 4.78 is 0. The Morgan fingerprint density at radius 3 is 2.96 bits per heavy atom. The van der Waals surface area contributed by atoms with Crippen LogP contribution >= 0.6 is 11.3 Å². The van der Waals surface area contributed by atoms with Gasteiger partial charge in [-0.15, -0.1) is 11.3 Å². The van der Waals surface area contributed by atoms with Crippen LogP contribution in [0.1, 0.15) is 40.3 Å². The first-order chi connectivity index (χ1) is 12.7. The van der Waals surface area contributed by atoms with Gasteiger partial charge in [0.15, 0.2) is 0 Å². The van der Waals surface area contributed by atoms with Crippen molar-refractivity contribution in [3.05, 3.63) is 64.2 Å². The zero-order chi connectivity index (χ0) is 17.9. The normalized spacial score (nSPS) is 17.0. The number of hydrogen-bond donors (Lipinski definition) is 1. The predicted octanol–water partition coefficient (Wildman–Crippen LogP) is 4.68. The van der Waals surface area contributed by atoms with Crippen molar-refractivity contribution in [2.45, 2.75) is 38.6 Å². The zero-order valence-electron chi connectivity index (χ0n) is 14.9.